The van der Waals surface area contributed by atoms with Crippen molar-refractivity contribution in [1.29, 1.82) is 5.26 Å². The van der Waals surface area contributed by atoms with Crippen LogP contribution < -0.4 is 11.2 Å². The van der Waals surface area contributed by atoms with Crippen molar-refractivity contribution in [2.24, 2.45) is 10.8 Å². The van der Waals surface area contributed by atoms with Crippen molar-refractivity contribution in [3.05, 3.63) is 65.5 Å². The Hall–Kier alpha value is -3.20. The Morgan fingerprint density at radius 3 is 2.70 bits per heavy atom. The second-order valence-electron chi connectivity index (χ2n) is 3.85. The quantitative estimate of drug-likeness (QED) is 0.490. The van der Waals surface area contributed by atoms with E-state index in [1.54, 1.807) is 12.1 Å². The Bertz CT molecular complexity index is 688. The van der Waals surface area contributed by atoms with E-state index in [9.17, 15) is 4.79 Å². The van der Waals surface area contributed by atoms with Gasteiger partial charge in [-0.1, -0.05) is 30.3 Å². The molecule has 0 unspecified atom stereocenters. The predicted octanol–water partition coefficient (Wildman–Crippen LogP) is 1.00. The number of hydrogen-bond acceptors (Lipinski definition) is 4. The third-order valence-corrected chi connectivity index (χ3v) is 2.48. The zero-order valence-electron chi connectivity index (χ0n) is 10.4. The lowest BCUT2D eigenvalue weighted by atomic mass is 10.2. The number of hydrazone groups is 1. The highest BCUT2D eigenvalue weighted by Gasteiger charge is 2.06. The average molecular weight is 265 g/mol. The lowest BCUT2D eigenvalue weighted by Crippen LogP contribution is -2.24. The normalized spacial score (nSPS) is 10.7. The molecule has 6 nitrogen and oxygen atoms in total. The monoisotopic (exact) mass is 265 g/mol. The SMILES string of the molecule is N#Cc1cc(C(=O)NN=C(N)c2ccccc2)ccn1. The van der Waals surface area contributed by atoms with Crippen LogP contribution in [0.4, 0.5) is 0 Å². The first-order valence-corrected chi connectivity index (χ1v) is 5.76. The molecule has 1 amide bonds. The molecule has 0 saturated heterocycles. The summed E-state index contributed by atoms with van der Waals surface area (Å²) >= 11 is 0. The summed E-state index contributed by atoms with van der Waals surface area (Å²) in [6, 6.07) is 13.8. The van der Waals surface area contributed by atoms with Crippen LogP contribution >= 0.6 is 0 Å². The minimum absolute atomic E-state index is 0.165. The van der Waals surface area contributed by atoms with Crippen LogP contribution in [0.2, 0.25) is 0 Å². The van der Waals surface area contributed by atoms with Gasteiger partial charge in [-0.05, 0) is 12.1 Å². The molecule has 3 N–H and O–H groups in total. The maximum absolute atomic E-state index is 11.8. The van der Waals surface area contributed by atoms with Gasteiger partial charge in [-0.15, -0.1) is 0 Å². The maximum atomic E-state index is 11.8. The number of benzene rings is 1. The molecule has 0 aliphatic carbocycles. The van der Waals surface area contributed by atoms with Crippen molar-refractivity contribution in [3.63, 3.8) is 0 Å². The number of carbonyl (C=O) groups excluding carboxylic acids is 1. The summed E-state index contributed by atoms with van der Waals surface area (Å²) in [5.41, 5.74) is 9.25. The Kier molecular flexibility index (Phi) is 4.04. The van der Waals surface area contributed by atoms with Gasteiger partial charge in [0.05, 0.1) is 0 Å². The van der Waals surface area contributed by atoms with E-state index in [1.807, 2.05) is 24.3 Å². The summed E-state index contributed by atoms with van der Waals surface area (Å²) in [6.45, 7) is 0. The minimum Gasteiger partial charge on any atom is -0.382 e. The fourth-order valence-electron chi connectivity index (χ4n) is 1.48. The van der Waals surface area contributed by atoms with Crippen molar-refractivity contribution in [1.82, 2.24) is 10.4 Å². The molecule has 2 rings (SSSR count). The van der Waals surface area contributed by atoms with E-state index in [-0.39, 0.29) is 11.5 Å². The number of nitriles is 1. The number of rotatable bonds is 3. The number of amidine groups is 1. The van der Waals surface area contributed by atoms with E-state index in [2.05, 4.69) is 15.5 Å². The van der Waals surface area contributed by atoms with Gasteiger partial charge in [0.15, 0.2) is 5.84 Å². The number of nitrogens with two attached hydrogens (primary N) is 1. The summed E-state index contributed by atoms with van der Waals surface area (Å²) < 4.78 is 0. The highest BCUT2D eigenvalue weighted by atomic mass is 16.2. The number of hydrogen-bond donors (Lipinski definition) is 2. The first-order valence-electron chi connectivity index (χ1n) is 5.76. The summed E-state index contributed by atoms with van der Waals surface area (Å²) in [4.78, 5) is 15.6. The van der Waals surface area contributed by atoms with E-state index in [4.69, 9.17) is 11.0 Å². The Morgan fingerprint density at radius 1 is 1.25 bits per heavy atom. The van der Waals surface area contributed by atoms with Crippen LogP contribution in [0.15, 0.2) is 53.8 Å². The molecule has 0 aliphatic heterocycles. The summed E-state index contributed by atoms with van der Waals surface area (Å²) in [7, 11) is 0. The fourth-order valence-corrected chi connectivity index (χ4v) is 1.48. The van der Waals surface area contributed by atoms with Crippen molar-refractivity contribution >= 4 is 11.7 Å². The highest BCUT2D eigenvalue weighted by molar-refractivity contribution is 5.99. The Balaban J connectivity index is 2.10. The lowest BCUT2D eigenvalue weighted by Gasteiger charge is -2.02. The number of nitrogens with zero attached hydrogens (tertiary/aromatic N) is 3. The molecule has 0 aliphatic rings. The molecular weight excluding hydrogens is 254 g/mol. The van der Waals surface area contributed by atoms with Gasteiger partial charge >= 0.3 is 0 Å². The van der Waals surface area contributed by atoms with Gasteiger partial charge in [-0.2, -0.15) is 10.4 Å². The zero-order valence-corrected chi connectivity index (χ0v) is 10.4. The van der Waals surface area contributed by atoms with Gasteiger partial charge < -0.3 is 5.73 Å². The molecule has 1 aromatic carbocycles. The molecule has 0 bridgehead atoms. The molecule has 1 aromatic heterocycles. The number of nitrogens with one attached hydrogen (secondary N) is 1. The van der Waals surface area contributed by atoms with Crippen LogP contribution in [0.25, 0.3) is 0 Å². The minimum atomic E-state index is -0.456. The van der Waals surface area contributed by atoms with Crippen molar-refractivity contribution in [3.8, 4) is 6.07 Å². The zero-order chi connectivity index (χ0) is 14.4. The topological polar surface area (TPSA) is 104 Å². The smallest absolute Gasteiger partial charge is 0.271 e. The summed E-state index contributed by atoms with van der Waals surface area (Å²) in [6.07, 6.45) is 1.39. The number of aromatic nitrogens is 1. The molecule has 0 spiro atoms. The third-order valence-electron chi connectivity index (χ3n) is 2.48. The van der Waals surface area contributed by atoms with Crippen LogP contribution in [0.3, 0.4) is 0 Å². The number of amides is 1. The molecule has 0 saturated carbocycles. The predicted molar refractivity (Wildman–Crippen MR) is 73.6 cm³/mol. The van der Waals surface area contributed by atoms with E-state index in [1.165, 1.54) is 18.3 Å². The van der Waals surface area contributed by atoms with Gasteiger partial charge in [-0.25, -0.2) is 10.4 Å². The molecule has 1 heterocycles. The van der Waals surface area contributed by atoms with E-state index in [0.717, 1.165) is 0 Å². The van der Waals surface area contributed by atoms with Gasteiger partial charge in [0.2, 0.25) is 0 Å². The second-order valence-corrected chi connectivity index (χ2v) is 3.85. The third kappa shape index (κ3) is 3.17. The van der Waals surface area contributed by atoms with E-state index < -0.39 is 5.91 Å². The van der Waals surface area contributed by atoms with E-state index in [0.29, 0.717) is 11.1 Å². The van der Waals surface area contributed by atoms with Crippen LogP contribution in [0, 0.1) is 11.3 Å². The molecule has 0 atom stereocenters. The second kappa shape index (κ2) is 6.11. The lowest BCUT2D eigenvalue weighted by molar-refractivity contribution is 0.0954. The average Bonchev–Trinajstić information content (AvgIpc) is 2.53. The molecule has 0 fully saturated rings. The van der Waals surface area contributed by atoms with Crippen molar-refractivity contribution in [2.45, 2.75) is 0 Å². The van der Waals surface area contributed by atoms with Crippen LogP contribution in [-0.4, -0.2) is 16.7 Å². The van der Waals surface area contributed by atoms with E-state index >= 15 is 0 Å². The highest BCUT2D eigenvalue weighted by Crippen LogP contribution is 2.01. The first-order chi connectivity index (χ1) is 9.70. The molecule has 20 heavy (non-hydrogen) atoms. The Labute approximate surface area is 115 Å². The van der Waals surface area contributed by atoms with Crippen LogP contribution in [-0.2, 0) is 0 Å². The summed E-state index contributed by atoms with van der Waals surface area (Å²) in [5.74, 6) is -0.253. The first kappa shape index (κ1) is 13.2. The van der Waals surface area contributed by atoms with Crippen LogP contribution in [0.5, 0.6) is 0 Å². The summed E-state index contributed by atoms with van der Waals surface area (Å²) in [5, 5.41) is 12.5. The molecule has 2 aromatic rings. The molecule has 6 heteroatoms. The van der Waals surface area contributed by atoms with Gasteiger partial charge in [-0.3, -0.25) is 4.79 Å². The molecular formula is C14H11N5O. The molecule has 98 valence electrons. The maximum Gasteiger partial charge on any atom is 0.271 e. The number of pyridine rings is 1. The Morgan fingerprint density at radius 2 is 2.00 bits per heavy atom. The van der Waals surface area contributed by atoms with Gasteiger partial charge in [0.25, 0.3) is 5.91 Å². The molecule has 0 radical (unpaired) electrons. The number of carbonyl (C=O) groups is 1. The van der Waals surface area contributed by atoms with Crippen molar-refractivity contribution < 1.29 is 4.79 Å². The van der Waals surface area contributed by atoms with Gasteiger partial charge in [0.1, 0.15) is 11.8 Å². The van der Waals surface area contributed by atoms with Gasteiger partial charge in [0, 0.05) is 17.3 Å². The van der Waals surface area contributed by atoms with Crippen LogP contribution in [0.1, 0.15) is 21.6 Å². The van der Waals surface area contributed by atoms with Crippen molar-refractivity contribution in [2.75, 3.05) is 0 Å². The standard InChI is InChI=1S/C14H11N5O/c15-9-12-8-11(6-7-17-12)14(20)19-18-13(16)10-4-2-1-3-5-10/h1-8H,(H2,16,18)(H,19,20). The fraction of sp³-hybridized carbons (Fsp3) is 0. The largest absolute Gasteiger partial charge is 0.382 e.